The zero-order valence-electron chi connectivity index (χ0n) is 14.8. The zero-order chi connectivity index (χ0) is 19.0. The molecule has 2 heterocycles. The Hall–Kier alpha value is -2.87. The lowest BCUT2D eigenvalue weighted by Gasteiger charge is -2.17. The monoisotopic (exact) mass is 383 g/mol. The van der Waals surface area contributed by atoms with Crippen molar-refractivity contribution in [2.24, 2.45) is 0 Å². The van der Waals surface area contributed by atoms with Crippen LogP contribution < -0.4 is 5.32 Å². The van der Waals surface area contributed by atoms with E-state index in [1.165, 1.54) is 23.9 Å². The van der Waals surface area contributed by atoms with Crippen LogP contribution in [0, 0.1) is 5.82 Å². The maximum absolute atomic E-state index is 13.1. The van der Waals surface area contributed by atoms with E-state index >= 15 is 0 Å². The average Bonchev–Trinajstić information content (AvgIpc) is 3.22. The predicted molar refractivity (Wildman–Crippen MR) is 103 cm³/mol. The smallest absolute Gasteiger partial charge is 0.233 e. The minimum Gasteiger partial charge on any atom is -0.349 e. The SMILES string of the molecule is CC(Sc1n[nH]c2nc3ccccc3n12)C(=O)NC(C)c1ccc(F)cc1. The number of thioether (sulfide) groups is 1. The zero-order valence-corrected chi connectivity index (χ0v) is 15.6. The molecule has 1 amide bonds. The van der Waals surface area contributed by atoms with Gasteiger partial charge in [-0.2, -0.15) is 0 Å². The number of fused-ring (bicyclic) bond motifs is 3. The molecule has 6 nitrogen and oxygen atoms in total. The van der Waals surface area contributed by atoms with Crippen molar-refractivity contribution in [2.45, 2.75) is 30.3 Å². The van der Waals surface area contributed by atoms with Crippen LogP contribution in [0.1, 0.15) is 25.5 Å². The first kappa shape index (κ1) is 17.5. The van der Waals surface area contributed by atoms with Gasteiger partial charge in [0, 0.05) is 0 Å². The van der Waals surface area contributed by atoms with E-state index in [9.17, 15) is 9.18 Å². The summed E-state index contributed by atoms with van der Waals surface area (Å²) in [5.74, 6) is 0.236. The van der Waals surface area contributed by atoms with Crippen molar-refractivity contribution in [2.75, 3.05) is 0 Å². The van der Waals surface area contributed by atoms with Crippen molar-refractivity contribution in [3.63, 3.8) is 0 Å². The third-order valence-corrected chi connectivity index (χ3v) is 5.44. The maximum atomic E-state index is 13.1. The van der Waals surface area contributed by atoms with Gasteiger partial charge >= 0.3 is 0 Å². The number of benzene rings is 2. The lowest BCUT2D eigenvalue weighted by atomic mass is 10.1. The highest BCUT2D eigenvalue weighted by atomic mass is 32.2. The van der Waals surface area contributed by atoms with Gasteiger partial charge in [0.25, 0.3) is 0 Å². The number of aromatic nitrogens is 4. The van der Waals surface area contributed by atoms with Gasteiger partial charge in [-0.25, -0.2) is 14.5 Å². The Morgan fingerprint density at radius 1 is 1.19 bits per heavy atom. The molecule has 0 saturated carbocycles. The number of hydrogen-bond donors (Lipinski definition) is 2. The van der Waals surface area contributed by atoms with Crippen molar-refractivity contribution in [1.82, 2.24) is 24.9 Å². The maximum Gasteiger partial charge on any atom is 0.233 e. The second-order valence-corrected chi connectivity index (χ2v) is 7.62. The van der Waals surface area contributed by atoms with E-state index in [0.29, 0.717) is 10.9 Å². The second kappa shape index (κ2) is 7.03. The molecule has 0 aliphatic carbocycles. The topological polar surface area (TPSA) is 75.1 Å². The number of halogens is 1. The average molecular weight is 383 g/mol. The van der Waals surface area contributed by atoms with Crippen LogP contribution in [-0.4, -0.2) is 30.7 Å². The van der Waals surface area contributed by atoms with E-state index < -0.39 is 0 Å². The van der Waals surface area contributed by atoms with E-state index in [1.807, 2.05) is 42.5 Å². The molecule has 2 atom stereocenters. The summed E-state index contributed by atoms with van der Waals surface area (Å²) in [5.41, 5.74) is 2.66. The highest BCUT2D eigenvalue weighted by Gasteiger charge is 2.21. The molecule has 0 aliphatic rings. The van der Waals surface area contributed by atoms with E-state index in [4.69, 9.17) is 0 Å². The van der Waals surface area contributed by atoms with Crippen molar-refractivity contribution in [3.8, 4) is 0 Å². The van der Waals surface area contributed by atoms with E-state index in [-0.39, 0.29) is 23.0 Å². The fraction of sp³-hybridized carbons (Fsp3) is 0.211. The molecule has 2 unspecified atom stereocenters. The Bertz CT molecular complexity index is 1100. The Labute approximate surface area is 159 Å². The molecule has 4 aromatic rings. The minimum atomic E-state index is -0.361. The van der Waals surface area contributed by atoms with Gasteiger partial charge in [0.15, 0.2) is 5.16 Å². The molecular weight excluding hydrogens is 365 g/mol. The summed E-state index contributed by atoms with van der Waals surface area (Å²) in [7, 11) is 0. The number of nitrogens with zero attached hydrogens (tertiary/aromatic N) is 3. The van der Waals surface area contributed by atoms with Gasteiger partial charge < -0.3 is 5.32 Å². The Morgan fingerprint density at radius 3 is 2.70 bits per heavy atom. The molecule has 2 aromatic heterocycles. The van der Waals surface area contributed by atoms with Gasteiger partial charge in [0.05, 0.1) is 22.3 Å². The van der Waals surface area contributed by atoms with E-state index in [1.54, 1.807) is 12.1 Å². The van der Waals surface area contributed by atoms with Crippen LogP contribution in [0.25, 0.3) is 16.8 Å². The highest BCUT2D eigenvalue weighted by molar-refractivity contribution is 8.00. The molecule has 27 heavy (non-hydrogen) atoms. The van der Waals surface area contributed by atoms with E-state index in [0.717, 1.165) is 16.6 Å². The number of rotatable bonds is 5. The van der Waals surface area contributed by atoms with Crippen LogP contribution in [0.5, 0.6) is 0 Å². The number of imidazole rings is 1. The van der Waals surface area contributed by atoms with Crippen LogP contribution >= 0.6 is 11.8 Å². The third kappa shape index (κ3) is 3.40. The van der Waals surface area contributed by atoms with Crippen molar-refractivity contribution >= 4 is 34.5 Å². The lowest BCUT2D eigenvalue weighted by Crippen LogP contribution is -2.33. The van der Waals surface area contributed by atoms with Crippen molar-refractivity contribution in [1.29, 1.82) is 0 Å². The molecule has 0 saturated heterocycles. The molecule has 0 spiro atoms. The van der Waals surface area contributed by atoms with Crippen LogP contribution in [0.2, 0.25) is 0 Å². The standard InChI is InChI=1S/C19H18FN5OS/c1-11(13-7-9-14(20)10-8-13)21-17(26)12(2)27-19-24-23-18-22-15-5-3-4-6-16(15)25(18)19/h3-12H,1-2H3,(H,21,26)(H,22,23). The Balaban J connectivity index is 1.50. The second-order valence-electron chi connectivity index (χ2n) is 6.31. The van der Waals surface area contributed by atoms with Gasteiger partial charge in [-0.1, -0.05) is 36.0 Å². The van der Waals surface area contributed by atoms with Crippen molar-refractivity contribution in [3.05, 3.63) is 59.9 Å². The predicted octanol–water partition coefficient (Wildman–Crippen LogP) is 3.71. The molecule has 4 rings (SSSR count). The molecule has 0 radical (unpaired) electrons. The lowest BCUT2D eigenvalue weighted by molar-refractivity contribution is -0.120. The van der Waals surface area contributed by atoms with Gasteiger partial charge in [-0.15, -0.1) is 5.10 Å². The quantitative estimate of drug-likeness (QED) is 0.515. The molecule has 138 valence electrons. The summed E-state index contributed by atoms with van der Waals surface area (Å²) in [6.07, 6.45) is 0. The van der Waals surface area contributed by atoms with Crippen molar-refractivity contribution < 1.29 is 9.18 Å². The number of nitrogens with one attached hydrogen (secondary N) is 2. The number of hydrogen-bond acceptors (Lipinski definition) is 4. The molecule has 2 aromatic carbocycles. The summed E-state index contributed by atoms with van der Waals surface area (Å²) in [4.78, 5) is 17.1. The largest absolute Gasteiger partial charge is 0.349 e. The number of para-hydroxylation sites is 2. The highest BCUT2D eigenvalue weighted by Crippen LogP contribution is 2.26. The van der Waals surface area contributed by atoms with Gasteiger partial charge in [-0.05, 0) is 43.7 Å². The fourth-order valence-corrected chi connectivity index (χ4v) is 3.78. The number of carbonyl (C=O) groups is 1. The minimum absolute atomic E-state index is 0.114. The first-order valence-corrected chi connectivity index (χ1v) is 9.45. The van der Waals surface area contributed by atoms with E-state index in [2.05, 4.69) is 20.5 Å². The number of amides is 1. The molecule has 0 bridgehead atoms. The van der Waals surface area contributed by atoms with Crippen LogP contribution in [0.4, 0.5) is 4.39 Å². The first-order chi connectivity index (χ1) is 13.0. The number of aromatic amines is 1. The summed E-state index contributed by atoms with van der Waals surface area (Å²) in [6, 6.07) is 13.7. The van der Waals surface area contributed by atoms with Gasteiger partial charge in [0.2, 0.25) is 11.7 Å². The van der Waals surface area contributed by atoms with Crippen LogP contribution in [0.15, 0.2) is 53.7 Å². The van der Waals surface area contributed by atoms with Gasteiger partial charge in [-0.3, -0.25) is 9.20 Å². The normalized spacial score (nSPS) is 13.7. The Kier molecular flexibility index (Phi) is 4.57. The number of carbonyl (C=O) groups excluding carboxylic acids is 1. The van der Waals surface area contributed by atoms with Crippen LogP contribution in [-0.2, 0) is 4.79 Å². The molecule has 0 aliphatic heterocycles. The Morgan fingerprint density at radius 2 is 1.93 bits per heavy atom. The molecule has 0 fully saturated rings. The summed E-state index contributed by atoms with van der Waals surface area (Å²) >= 11 is 1.36. The molecule has 8 heteroatoms. The van der Waals surface area contributed by atoms with Gasteiger partial charge in [0.1, 0.15) is 5.82 Å². The van der Waals surface area contributed by atoms with Crippen LogP contribution in [0.3, 0.4) is 0 Å². The first-order valence-electron chi connectivity index (χ1n) is 8.57. The summed E-state index contributed by atoms with van der Waals surface area (Å²) in [6.45, 7) is 3.70. The third-order valence-electron chi connectivity index (χ3n) is 4.38. The number of H-pyrrole nitrogens is 1. The summed E-state index contributed by atoms with van der Waals surface area (Å²) in [5, 5.41) is 10.5. The summed E-state index contributed by atoms with van der Waals surface area (Å²) < 4.78 is 15.0. The molecule has 2 N–H and O–H groups in total. The molecular formula is C19H18FN5OS. The fourth-order valence-electron chi connectivity index (χ4n) is 2.90.